The molecule has 2 aromatic heterocycles. The van der Waals surface area contributed by atoms with E-state index in [0.717, 1.165) is 0 Å². The predicted molar refractivity (Wildman–Crippen MR) is 120 cm³/mol. The first-order valence-electron chi connectivity index (χ1n) is 9.56. The van der Waals surface area contributed by atoms with Gasteiger partial charge in [0.2, 0.25) is 5.88 Å². The van der Waals surface area contributed by atoms with E-state index in [1.165, 1.54) is 0 Å². The Kier molecular flexibility index (Phi) is 7.69. The topological polar surface area (TPSA) is 102 Å². The molecule has 3 aromatic rings. The molecule has 0 fully saturated rings. The molecule has 0 spiro atoms. The van der Waals surface area contributed by atoms with E-state index in [9.17, 15) is 9.00 Å². The number of anilines is 2. The van der Waals surface area contributed by atoms with Crippen LogP contribution < -0.4 is 15.4 Å². The Morgan fingerprint density at radius 1 is 1.13 bits per heavy atom. The predicted octanol–water partition coefficient (Wildman–Crippen LogP) is 3.71. The summed E-state index contributed by atoms with van der Waals surface area (Å²) in [6.45, 7) is 2.41. The number of carbonyl (C=O) groups excluding carboxylic acids is 1. The Hall–Kier alpha value is -3.30. The SMILES string of the molecule is COCC(C)Nc1cc(C(=O)Nc2ccccn2)cc(Oc2ccc(S(C)=O)cc2)n1. The van der Waals surface area contributed by atoms with E-state index in [0.29, 0.717) is 34.5 Å². The maximum absolute atomic E-state index is 12.8. The standard InChI is InChI=1S/C22H24N4O4S/c1-15(14-29-2)24-20-12-16(22(27)26-19-6-4-5-11-23-19)13-21(25-20)30-17-7-9-18(10-8-17)31(3)28/h4-13,15H,14H2,1-3H3,(H,24,25)(H,23,26,27). The van der Waals surface area contributed by atoms with E-state index in [2.05, 4.69) is 20.6 Å². The van der Waals surface area contributed by atoms with Gasteiger partial charge < -0.3 is 20.1 Å². The van der Waals surface area contributed by atoms with Gasteiger partial charge in [-0.15, -0.1) is 0 Å². The Labute approximate surface area is 183 Å². The molecule has 0 bridgehead atoms. The molecule has 3 rings (SSSR count). The van der Waals surface area contributed by atoms with Crippen LogP contribution in [0.5, 0.6) is 11.6 Å². The lowest BCUT2D eigenvalue weighted by atomic mass is 10.2. The van der Waals surface area contributed by atoms with Crippen molar-refractivity contribution >= 4 is 28.3 Å². The Balaban J connectivity index is 1.86. The Bertz CT molecular complexity index is 1050. The van der Waals surface area contributed by atoms with Crippen molar-refractivity contribution in [2.24, 2.45) is 0 Å². The van der Waals surface area contributed by atoms with E-state index in [1.807, 2.05) is 6.92 Å². The van der Waals surface area contributed by atoms with Gasteiger partial charge in [0.25, 0.3) is 5.91 Å². The lowest BCUT2D eigenvalue weighted by Gasteiger charge is -2.16. The van der Waals surface area contributed by atoms with Gasteiger partial charge in [0.1, 0.15) is 17.4 Å². The third-order valence-corrected chi connectivity index (χ3v) is 5.10. The van der Waals surface area contributed by atoms with Crippen molar-refractivity contribution in [2.75, 3.05) is 30.6 Å². The summed E-state index contributed by atoms with van der Waals surface area (Å²) in [7, 11) is 0.537. The summed E-state index contributed by atoms with van der Waals surface area (Å²) >= 11 is 0. The van der Waals surface area contributed by atoms with E-state index < -0.39 is 10.8 Å². The largest absolute Gasteiger partial charge is 0.439 e. The summed E-state index contributed by atoms with van der Waals surface area (Å²) in [5, 5.41) is 5.96. The zero-order chi connectivity index (χ0) is 22.2. The van der Waals surface area contributed by atoms with Gasteiger partial charge in [-0.05, 0) is 49.4 Å². The van der Waals surface area contributed by atoms with Crippen molar-refractivity contribution in [1.82, 2.24) is 9.97 Å². The van der Waals surface area contributed by atoms with Crippen LogP contribution in [0, 0.1) is 0 Å². The highest BCUT2D eigenvalue weighted by atomic mass is 32.2. The summed E-state index contributed by atoms with van der Waals surface area (Å²) in [4.78, 5) is 22.0. The van der Waals surface area contributed by atoms with Crippen molar-refractivity contribution in [3.8, 4) is 11.6 Å². The van der Waals surface area contributed by atoms with Gasteiger partial charge in [-0.2, -0.15) is 4.98 Å². The fraction of sp³-hybridized carbons (Fsp3) is 0.227. The summed E-state index contributed by atoms with van der Waals surface area (Å²) in [5.41, 5.74) is 0.356. The van der Waals surface area contributed by atoms with Gasteiger partial charge in [-0.3, -0.25) is 9.00 Å². The second-order valence-corrected chi connectivity index (χ2v) is 8.16. The molecule has 0 radical (unpaired) electrons. The minimum Gasteiger partial charge on any atom is -0.439 e. The first-order chi connectivity index (χ1) is 14.9. The molecule has 2 heterocycles. The molecule has 0 saturated heterocycles. The molecule has 162 valence electrons. The minimum atomic E-state index is -1.08. The van der Waals surface area contributed by atoms with Crippen LogP contribution in [0.3, 0.4) is 0 Å². The molecule has 1 amide bonds. The number of carbonyl (C=O) groups is 1. The first-order valence-corrected chi connectivity index (χ1v) is 11.1. The van der Waals surface area contributed by atoms with E-state index in [-0.39, 0.29) is 17.8 Å². The lowest BCUT2D eigenvalue weighted by molar-refractivity contribution is 0.102. The van der Waals surface area contributed by atoms with Crippen molar-refractivity contribution in [1.29, 1.82) is 0 Å². The maximum Gasteiger partial charge on any atom is 0.257 e. The van der Waals surface area contributed by atoms with Crippen LogP contribution in [0.15, 0.2) is 65.7 Å². The van der Waals surface area contributed by atoms with E-state index in [1.54, 1.807) is 74.2 Å². The summed E-state index contributed by atoms with van der Waals surface area (Å²) < 4.78 is 22.6. The van der Waals surface area contributed by atoms with Crippen LogP contribution in [-0.2, 0) is 15.5 Å². The molecule has 9 heteroatoms. The van der Waals surface area contributed by atoms with Crippen LogP contribution >= 0.6 is 0 Å². The van der Waals surface area contributed by atoms with Gasteiger partial charge in [-0.25, -0.2) is 4.98 Å². The quantitative estimate of drug-likeness (QED) is 0.523. The third kappa shape index (κ3) is 6.59. The van der Waals surface area contributed by atoms with Gasteiger partial charge in [0.15, 0.2) is 0 Å². The smallest absolute Gasteiger partial charge is 0.257 e. The highest BCUT2D eigenvalue weighted by molar-refractivity contribution is 7.84. The molecule has 0 aliphatic heterocycles. The summed E-state index contributed by atoms with van der Waals surface area (Å²) in [6.07, 6.45) is 3.21. The Morgan fingerprint density at radius 2 is 1.90 bits per heavy atom. The van der Waals surface area contributed by atoms with Crippen LogP contribution in [0.1, 0.15) is 17.3 Å². The lowest BCUT2D eigenvalue weighted by Crippen LogP contribution is -2.22. The highest BCUT2D eigenvalue weighted by Crippen LogP contribution is 2.24. The summed E-state index contributed by atoms with van der Waals surface area (Å²) in [6, 6.07) is 15.3. The number of hydrogen-bond acceptors (Lipinski definition) is 7. The molecule has 31 heavy (non-hydrogen) atoms. The normalized spacial score (nSPS) is 12.6. The van der Waals surface area contributed by atoms with Crippen molar-refractivity contribution in [3.05, 3.63) is 66.4 Å². The average Bonchev–Trinajstić information content (AvgIpc) is 2.75. The van der Waals surface area contributed by atoms with Crippen LogP contribution in [0.4, 0.5) is 11.6 Å². The first kappa shape index (κ1) is 22.4. The van der Waals surface area contributed by atoms with Crippen molar-refractivity contribution in [2.45, 2.75) is 17.9 Å². The molecule has 2 atom stereocenters. The molecular weight excluding hydrogens is 416 g/mol. The zero-order valence-corrected chi connectivity index (χ0v) is 18.3. The van der Waals surface area contributed by atoms with Gasteiger partial charge in [-0.1, -0.05) is 6.07 Å². The number of nitrogens with one attached hydrogen (secondary N) is 2. The number of amides is 1. The molecule has 8 nitrogen and oxygen atoms in total. The number of pyridine rings is 2. The average molecular weight is 441 g/mol. The molecule has 0 saturated carbocycles. The minimum absolute atomic E-state index is 0.0294. The van der Waals surface area contributed by atoms with Crippen molar-refractivity contribution in [3.63, 3.8) is 0 Å². The number of nitrogens with zero attached hydrogens (tertiary/aromatic N) is 2. The number of aromatic nitrogens is 2. The van der Waals surface area contributed by atoms with Crippen LogP contribution in [-0.4, -0.2) is 46.1 Å². The molecule has 0 aliphatic carbocycles. The van der Waals surface area contributed by atoms with Gasteiger partial charge in [0.05, 0.1) is 6.61 Å². The molecule has 1 aromatic carbocycles. The monoisotopic (exact) mass is 440 g/mol. The van der Waals surface area contributed by atoms with E-state index >= 15 is 0 Å². The fourth-order valence-corrected chi connectivity index (χ4v) is 3.27. The second-order valence-electron chi connectivity index (χ2n) is 6.78. The Morgan fingerprint density at radius 3 is 2.55 bits per heavy atom. The maximum atomic E-state index is 12.8. The molecular formula is C22H24N4O4S. The molecule has 2 unspecified atom stereocenters. The molecule has 2 N–H and O–H groups in total. The second kappa shape index (κ2) is 10.6. The third-order valence-electron chi connectivity index (χ3n) is 4.16. The van der Waals surface area contributed by atoms with E-state index in [4.69, 9.17) is 9.47 Å². The summed E-state index contributed by atoms with van der Waals surface area (Å²) in [5.74, 6) is 1.33. The van der Waals surface area contributed by atoms with Crippen molar-refractivity contribution < 1.29 is 18.5 Å². The number of ether oxygens (including phenoxy) is 2. The van der Waals surface area contributed by atoms with Gasteiger partial charge in [0, 0.05) is 52.9 Å². The number of hydrogen-bond donors (Lipinski definition) is 2. The number of methoxy groups -OCH3 is 1. The fourth-order valence-electron chi connectivity index (χ4n) is 2.75. The van der Waals surface area contributed by atoms with Crippen LogP contribution in [0.2, 0.25) is 0 Å². The number of rotatable bonds is 9. The zero-order valence-electron chi connectivity index (χ0n) is 17.5. The molecule has 0 aliphatic rings. The number of benzene rings is 1. The van der Waals surface area contributed by atoms with Gasteiger partial charge >= 0.3 is 0 Å². The highest BCUT2D eigenvalue weighted by Gasteiger charge is 2.14. The van der Waals surface area contributed by atoms with Crippen LogP contribution in [0.25, 0.3) is 0 Å².